The van der Waals surface area contributed by atoms with E-state index < -0.39 is 0 Å². The summed E-state index contributed by atoms with van der Waals surface area (Å²) in [5.41, 5.74) is 0. The van der Waals surface area contributed by atoms with Crippen molar-refractivity contribution in [1.29, 1.82) is 0 Å². The summed E-state index contributed by atoms with van der Waals surface area (Å²) in [6, 6.07) is -0.347. The van der Waals surface area contributed by atoms with E-state index in [0.717, 1.165) is 13.0 Å². The van der Waals surface area contributed by atoms with E-state index in [9.17, 15) is 4.79 Å². The smallest absolute Gasteiger partial charge is 0.325 e. The Bertz CT molecular complexity index is 186. The van der Waals surface area contributed by atoms with Gasteiger partial charge < -0.3 is 14.8 Å². The second-order valence-electron chi connectivity index (χ2n) is 4.21. The number of methoxy groups -OCH3 is 1. The summed E-state index contributed by atoms with van der Waals surface area (Å²) in [6.07, 6.45) is 7.48. The molecule has 0 radical (unpaired) electrons. The quantitative estimate of drug-likeness (QED) is 0.447. The first-order valence-electron chi connectivity index (χ1n) is 6.59. The highest BCUT2D eigenvalue weighted by Gasteiger charge is 2.16. The first kappa shape index (κ1) is 16.4. The molecule has 0 rings (SSSR count). The van der Waals surface area contributed by atoms with Crippen molar-refractivity contribution in [2.75, 3.05) is 27.4 Å². The number of hydrogen-bond acceptors (Lipinski definition) is 4. The van der Waals surface area contributed by atoms with Gasteiger partial charge in [-0.3, -0.25) is 4.79 Å². The SMILES string of the molecule is CCCCCCCCOCC(NC)C(=O)OC. The predicted molar refractivity (Wildman–Crippen MR) is 69.1 cm³/mol. The second kappa shape index (κ2) is 11.9. The van der Waals surface area contributed by atoms with Crippen molar-refractivity contribution in [2.45, 2.75) is 51.5 Å². The molecule has 0 aromatic heterocycles. The van der Waals surface area contributed by atoms with Crippen LogP contribution < -0.4 is 5.32 Å². The number of likely N-dealkylation sites (N-methyl/N-ethyl adjacent to an activating group) is 1. The predicted octanol–water partition coefficient (Wildman–Crippen LogP) is 2.12. The molecule has 0 aliphatic carbocycles. The number of esters is 1. The van der Waals surface area contributed by atoms with Gasteiger partial charge in [0.25, 0.3) is 0 Å². The summed E-state index contributed by atoms with van der Waals surface area (Å²) in [4.78, 5) is 11.2. The van der Waals surface area contributed by atoms with Crippen molar-refractivity contribution in [2.24, 2.45) is 0 Å². The molecule has 0 aliphatic heterocycles. The van der Waals surface area contributed by atoms with Crippen LogP contribution in [0.2, 0.25) is 0 Å². The molecule has 0 saturated heterocycles. The van der Waals surface area contributed by atoms with Gasteiger partial charge in [-0.1, -0.05) is 39.0 Å². The zero-order valence-corrected chi connectivity index (χ0v) is 11.5. The van der Waals surface area contributed by atoms with Crippen LogP contribution in [-0.2, 0) is 14.3 Å². The topological polar surface area (TPSA) is 47.6 Å². The third-order valence-electron chi connectivity index (χ3n) is 2.76. The number of hydrogen-bond donors (Lipinski definition) is 1. The van der Waals surface area contributed by atoms with Crippen molar-refractivity contribution < 1.29 is 14.3 Å². The Balaban J connectivity index is 3.34. The lowest BCUT2D eigenvalue weighted by Crippen LogP contribution is -2.39. The molecule has 0 saturated carbocycles. The highest BCUT2D eigenvalue weighted by Crippen LogP contribution is 2.05. The monoisotopic (exact) mass is 245 g/mol. The van der Waals surface area contributed by atoms with E-state index in [2.05, 4.69) is 17.0 Å². The minimum atomic E-state index is -0.347. The number of ether oxygens (including phenoxy) is 2. The van der Waals surface area contributed by atoms with E-state index in [1.165, 1.54) is 39.2 Å². The van der Waals surface area contributed by atoms with Crippen molar-refractivity contribution in [3.63, 3.8) is 0 Å². The van der Waals surface area contributed by atoms with Crippen molar-refractivity contribution in [1.82, 2.24) is 5.32 Å². The van der Waals surface area contributed by atoms with Crippen LogP contribution in [0.4, 0.5) is 0 Å². The third-order valence-corrected chi connectivity index (χ3v) is 2.76. The number of carbonyl (C=O) groups is 1. The van der Waals surface area contributed by atoms with Gasteiger partial charge in [-0.05, 0) is 13.5 Å². The molecular formula is C13H27NO3. The average Bonchev–Trinajstić information content (AvgIpc) is 2.36. The van der Waals surface area contributed by atoms with Crippen LogP contribution >= 0.6 is 0 Å². The molecule has 1 unspecified atom stereocenters. The molecular weight excluding hydrogens is 218 g/mol. The van der Waals surface area contributed by atoms with Gasteiger partial charge in [-0.2, -0.15) is 0 Å². The van der Waals surface area contributed by atoms with Crippen LogP contribution in [0.25, 0.3) is 0 Å². The van der Waals surface area contributed by atoms with Gasteiger partial charge in [-0.25, -0.2) is 0 Å². The van der Waals surface area contributed by atoms with Gasteiger partial charge in [0.05, 0.1) is 13.7 Å². The van der Waals surface area contributed by atoms with Gasteiger partial charge in [0, 0.05) is 6.61 Å². The van der Waals surface area contributed by atoms with Crippen molar-refractivity contribution in [3.05, 3.63) is 0 Å². The molecule has 0 amide bonds. The summed E-state index contributed by atoms with van der Waals surface area (Å²) in [5.74, 6) is -0.268. The number of unbranched alkanes of at least 4 members (excludes halogenated alkanes) is 5. The van der Waals surface area contributed by atoms with Gasteiger partial charge in [-0.15, -0.1) is 0 Å². The molecule has 17 heavy (non-hydrogen) atoms. The van der Waals surface area contributed by atoms with Crippen LogP contribution in [0.5, 0.6) is 0 Å². The van der Waals surface area contributed by atoms with E-state index >= 15 is 0 Å². The largest absolute Gasteiger partial charge is 0.468 e. The van der Waals surface area contributed by atoms with Gasteiger partial charge in [0.15, 0.2) is 0 Å². The maximum atomic E-state index is 11.2. The van der Waals surface area contributed by atoms with Gasteiger partial charge in [0.2, 0.25) is 0 Å². The lowest BCUT2D eigenvalue weighted by atomic mass is 10.1. The lowest BCUT2D eigenvalue weighted by molar-refractivity contribution is -0.144. The lowest BCUT2D eigenvalue weighted by Gasteiger charge is -2.13. The fourth-order valence-corrected chi connectivity index (χ4v) is 1.60. The average molecular weight is 245 g/mol. The maximum absolute atomic E-state index is 11.2. The first-order chi connectivity index (χ1) is 8.26. The summed E-state index contributed by atoms with van der Waals surface area (Å²) in [5, 5.41) is 2.87. The molecule has 0 aromatic rings. The highest BCUT2D eigenvalue weighted by molar-refractivity contribution is 5.75. The van der Waals surface area contributed by atoms with Crippen LogP contribution in [0.1, 0.15) is 45.4 Å². The Labute approximate surface area is 105 Å². The first-order valence-corrected chi connectivity index (χ1v) is 6.59. The summed E-state index contributed by atoms with van der Waals surface area (Å²) in [6.45, 7) is 3.33. The van der Waals surface area contributed by atoms with Crippen molar-refractivity contribution in [3.8, 4) is 0 Å². The Kier molecular flexibility index (Phi) is 11.4. The summed E-state index contributed by atoms with van der Waals surface area (Å²) >= 11 is 0. The molecule has 0 spiro atoms. The molecule has 0 heterocycles. The molecule has 1 atom stereocenters. The molecule has 0 aromatic carbocycles. The van der Waals surface area contributed by atoms with E-state index in [4.69, 9.17) is 4.74 Å². The van der Waals surface area contributed by atoms with Crippen LogP contribution in [0.3, 0.4) is 0 Å². The second-order valence-corrected chi connectivity index (χ2v) is 4.21. The Hall–Kier alpha value is -0.610. The Morgan fingerprint density at radius 3 is 2.41 bits per heavy atom. The van der Waals surface area contributed by atoms with E-state index in [-0.39, 0.29) is 12.0 Å². The van der Waals surface area contributed by atoms with Crippen LogP contribution in [-0.4, -0.2) is 39.4 Å². The molecule has 1 N–H and O–H groups in total. The maximum Gasteiger partial charge on any atom is 0.325 e. The molecule has 102 valence electrons. The number of carbonyl (C=O) groups excluding carboxylic acids is 1. The fourth-order valence-electron chi connectivity index (χ4n) is 1.60. The van der Waals surface area contributed by atoms with E-state index in [1.807, 2.05) is 0 Å². The minimum Gasteiger partial charge on any atom is -0.468 e. The molecule has 0 bridgehead atoms. The van der Waals surface area contributed by atoms with Gasteiger partial charge >= 0.3 is 5.97 Å². The normalized spacial score (nSPS) is 12.4. The Morgan fingerprint density at radius 2 is 1.82 bits per heavy atom. The summed E-state index contributed by atoms with van der Waals surface area (Å²) in [7, 11) is 3.12. The zero-order chi connectivity index (χ0) is 12.9. The number of nitrogens with one attached hydrogen (secondary N) is 1. The summed E-state index contributed by atoms with van der Waals surface area (Å²) < 4.78 is 10.1. The number of rotatable bonds is 11. The minimum absolute atomic E-state index is 0.268. The highest BCUT2D eigenvalue weighted by atomic mass is 16.5. The fraction of sp³-hybridized carbons (Fsp3) is 0.923. The molecule has 0 aliphatic rings. The zero-order valence-electron chi connectivity index (χ0n) is 11.5. The molecule has 4 nitrogen and oxygen atoms in total. The van der Waals surface area contributed by atoms with Crippen molar-refractivity contribution >= 4 is 5.97 Å². The van der Waals surface area contributed by atoms with Crippen LogP contribution in [0, 0.1) is 0 Å². The third kappa shape index (κ3) is 9.12. The van der Waals surface area contributed by atoms with Gasteiger partial charge in [0.1, 0.15) is 6.04 Å². The molecule has 4 heteroatoms. The Morgan fingerprint density at radius 1 is 1.18 bits per heavy atom. The van der Waals surface area contributed by atoms with Crippen LogP contribution in [0.15, 0.2) is 0 Å². The van der Waals surface area contributed by atoms with E-state index in [1.54, 1.807) is 7.05 Å². The van der Waals surface area contributed by atoms with E-state index in [0.29, 0.717) is 6.61 Å². The standard InChI is InChI=1S/C13H27NO3/c1-4-5-6-7-8-9-10-17-11-12(14-2)13(15)16-3/h12,14H,4-11H2,1-3H3. The molecule has 0 fully saturated rings.